The van der Waals surface area contributed by atoms with Crippen LogP contribution in [-0.2, 0) is 11.5 Å². The molecular weight excluding hydrogens is 447 g/mol. The molecule has 1 aliphatic heterocycles. The van der Waals surface area contributed by atoms with Gasteiger partial charge in [0, 0.05) is 24.5 Å². The van der Waals surface area contributed by atoms with Crippen molar-refractivity contribution in [2.75, 3.05) is 10.2 Å². The Kier molecular flexibility index (Phi) is 6.35. The molecule has 2 aromatic carbocycles. The molecule has 0 atom stereocenters. The average Bonchev–Trinajstić information content (AvgIpc) is 3.29. The Bertz CT molecular complexity index is 1260. The second-order valence-electron chi connectivity index (χ2n) is 9.22. The van der Waals surface area contributed by atoms with E-state index >= 15 is 0 Å². The first kappa shape index (κ1) is 22.8. The summed E-state index contributed by atoms with van der Waals surface area (Å²) in [6.07, 6.45) is 9.71. The van der Waals surface area contributed by atoms with Crippen molar-refractivity contribution < 1.29 is 19.1 Å². The van der Waals surface area contributed by atoms with E-state index in [1.54, 1.807) is 18.3 Å². The smallest absolute Gasteiger partial charge is 0.303 e. The Labute approximate surface area is 202 Å². The van der Waals surface area contributed by atoms with Crippen LogP contribution in [0.15, 0.2) is 60.9 Å². The maximum atomic E-state index is 13.9. The van der Waals surface area contributed by atoms with E-state index in [9.17, 15) is 14.0 Å². The second-order valence-corrected chi connectivity index (χ2v) is 9.22. The number of nitrogens with zero attached hydrogens (tertiary/aromatic N) is 3. The summed E-state index contributed by atoms with van der Waals surface area (Å²) in [4.78, 5) is 30.0. The van der Waals surface area contributed by atoms with Crippen LogP contribution in [0.25, 0.3) is 6.08 Å². The number of hydrogen-bond donors (Lipinski definition) is 2. The minimum atomic E-state index is -0.703. The molecule has 0 spiro atoms. The third-order valence-corrected chi connectivity index (χ3v) is 6.88. The van der Waals surface area contributed by atoms with Gasteiger partial charge in [0.15, 0.2) is 0 Å². The third-order valence-electron chi connectivity index (χ3n) is 6.88. The quantitative estimate of drug-likeness (QED) is 0.495. The topological polar surface area (TPSA) is 87.5 Å². The summed E-state index contributed by atoms with van der Waals surface area (Å²) in [5.74, 6) is -0.223. The van der Waals surface area contributed by atoms with Crippen LogP contribution in [0.2, 0.25) is 0 Å². The molecule has 5 rings (SSSR count). The number of nitrogens with one attached hydrogen (secondary N) is 1. The molecule has 0 bridgehead atoms. The highest BCUT2D eigenvalue weighted by Crippen LogP contribution is 2.37. The summed E-state index contributed by atoms with van der Waals surface area (Å²) < 4.78 is 15.7. The normalized spacial score (nSPS) is 19.3. The molecule has 1 aromatic heterocycles. The molecule has 3 aromatic rings. The number of carbonyl (C=O) groups is 2. The van der Waals surface area contributed by atoms with Crippen molar-refractivity contribution in [3.05, 3.63) is 83.8 Å². The maximum absolute atomic E-state index is 13.9. The lowest BCUT2D eigenvalue weighted by molar-refractivity contribution is -0.138. The van der Waals surface area contributed by atoms with Gasteiger partial charge < -0.3 is 19.9 Å². The zero-order valence-electron chi connectivity index (χ0n) is 19.2. The van der Waals surface area contributed by atoms with Crippen molar-refractivity contribution in [3.8, 4) is 0 Å². The molecule has 180 valence electrons. The fourth-order valence-corrected chi connectivity index (χ4v) is 4.96. The summed E-state index contributed by atoms with van der Waals surface area (Å²) in [5, 5.41) is 11.6. The van der Waals surface area contributed by atoms with Crippen molar-refractivity contribution in [2.24, 2.45) is 5.92 Å². The molecule has 1 amide bonds. The Hall–Kier alpha value is -3.94. The second kappa shape index (κ2) is 9.74. The van der Waals surface area contributed by atoms with Crippen molar-refractivity contribution in [1.29, 1.82) is 0 Å². The van der Waals surface area contributed by atoms with Gasteiger partial charge in [-0.2, -0.15) is 0 Å². The van der Waals surface area contributed by atoms with Gasteiger partial charge in [-0.25, -0.2) is 9.37 Å². The molecular formula is C27H27FN4O3. The number of aromatic nitrogens is 2. The molecule has 2 aliphatic rings. The van der Waals surface area contributed by atoms with Crippen molar-refractivity contribution in [3.63, 3.8) is 0 Å². The highest BCUT2D eigenvalue weighted by Gasteiger charge is 2.24. The highest BCUT2D eigenvalue weighted by molar-refractivity contribution is 6.03. The van der Waals surface area contributed by atoms with Crippen LogP contribution in [0.5, 0.6) is 0 Å². The number of benzene rings is 2. The Morgan fingerprint density at radius 1 is 1.06 bits per heavy atom. The number of carboxylic acid groups (broad SMARTS) is 1. The predicted molar refractivity (Wildman–Crippen MR) is 131 cm³/mol. The van der Waals surface area contributed by atoms with E-state index in [2.05, 4.69) is 39.5 Å². The van der Waals surface area contributed by atoms with E-state index < -0.39 is 17.7 Å². The SMILES string of the molecule is O=C(O)CC1CCC(c2ccc(N3C=Cc4nc(C(=O)Nc5ccccc5F)cn4C3)cc2)CC1. The standard InChI is InChI=1S/C27H27FN4O3/c28-22-3-1-2-4-23(22)30-27(35)24-16-32-17-31(14-13-25(32)29-24)21-11-9-20(10-12-21)19-7-5-18(6-8-19)15-26(33)34/h1-4,9-14,16,18-19H,5-8,15,17H2,(H,30,35)(H,33,34). The number of rotatable bonds is 6. The van der Waals surface area contributed by atoms with Crippen LogP contribution >= 0.6 is 0 Å². The fraction of sp³-hybridized carbons (Fsp3) is 0.296. The number of anilines is 2. The van der Waals surface area contributed by atoms with Crippen LogP contribution in [0, 0.1) is 11.7 Å². The number of carbonyl (C=O) groups excluding carboxylic acids is 1. The number of fused-ring (bicyclic) bond motifs is 1. The van der Waals surface area contributed by atoms with E-state index in [1.807, 2.05) is 16.8 Å². The summed E-state index contributed by atoms with van der Waals surface area (Å²) in [6, 6.07) is 14.5. The van der Waals surface area contributed by atoms with Gasteiger partial charge in [0.1, 0.15) is 24.0 Å². The van der Waals surface area contributed by atoms with Crippen LogP contribution in [0.1, 0.15) is 59.9 Å². The molecule has 35 heavy (non-hydrogen) atoms. The summed E-state index contributed by atoms with van der Waals surface area (Å²) in [7, 11) is 0. The first-order valence-corrected chi connectivity index (χ1v) is 11.9. The average molecular weight is 475 g/mol. The van der Waals surface area contributed by atoms with Gasteiger partial charge in [0.05, 0.1) is 5.69 Å². The Morgan fingerprint density at radius 3 is 2.51 bits per heavy atom. The molecule has 2 heterocycles. The van der Waals surface area contributed by atoms with Gasteiger partial charge in [0.25, 0.3) is 5.91 Å². The van der Waals surface area contributed by atoms with Gasteiger partial charge in [-0.1, -0.05) is 24.3 Å². The van der Waals surface area contributed by atoms with Crippen molar-refractivity contribution in [1.82, 2.24) is 9.55 Å². The molecule has 2 N–H and O–H groups in total. The number of hydrogen-bond acceptors (Lipinski definition) is 4. The zero-order valence-corrected chi connectivity index (χ0v) is 19.2. The largest absolute Gasteiger partial charge is 0.481 e. The van der Waals surface area contributed by atoms with Crippen LogP contribution < -0.4 is 10.2 Å². The number of imidazole rings is 1. The lowest BCUT2D eigenvalue weighted by Gasteiger charge is -2.29. The molecule has 1 fully saturated rings. The maximum Gasteiger partial charge on any atom is 0.303 e. The Morgan fingerprint density at radius 2 is 1.80 bits per heavy atom. The lowest BCUT2D eigenvalue weighted by Crippen LogP contribution is -2.23. The molecule has 1 aliphatic carbocycles. The summed E-state index contributed by atoms with van der Waals surface area (Å²) >= 11 is 0. The molecule has 0 unspecified atom stereocenters. The van der Waals surface area contributed by atoms with Gasteiger partial charge in [0.2, 0.25) is 0 Å². The molecule has 1 saturated carbocycles. The van der Waals surface area contributed by atoms with E-state index in [4.69, 9.17) is 5.11 Å². The van der Waals surface area contributed by atoms with Crippen molar-refractivity contribution >= 4 is 29.3 Å². The predicted octanol–water partition coefficient (Wildman–Crippen LogP) is 5.47. The molecule has 7 nitrogen and oxygen atoms in total. The minimum absolute atomic E-state index is 0.121. The van der Waals surface area contributed by atoms with E-state index in [0.717, 1.165) is 31.4 Å². The Balaban J connectivity index is 1.21. The van der Waals surface area contributed by atoms with Crippen LogP contribution in [0.3, 0.4) is 0 Å². The summed E-state index contributed by atoms with van der Waals surface area (Å²) in [6.45, 7) is 0.505. The third kappa shape index (κ3) is 5.11. The number of para-hydroxylation sites is 1. The number of carboxylic acids is 1. The molecule has 8 heteroatoms. The van der Waals surface area contributed by atoms with Crippen LogP contribution in [0.4, 0.5) is 15.8 Å². The minimum Gasteiger partial charge on any atom is -0.481 e. The fourth-order valence-electron chi connectivity index (χ4n) is 4.96. The van der Waals surface area contributed by atoms with Gasteiger partial charge in [-0.15, -0.1) is 0 Å². The first-order chi connectivity index (χ1) is 17.0. The van der Waals surface area contributed by atoms with E-state index in [1.165, 1.54) is 17.7 Å². The monoisotopic (exact) mass is 474 g/mol. The first-order valence-electron chi connectivity index (χ1n) is 11.9. The van der Waals surface area contributed by atoms with Gasteiger partial charge in [-0.3, -0.25) is 9.59 Å². The molecule has 0 saturated heterocycles. The molecule has 0 radical (unpaired) electrons. The van der Waals surface area contributed by atoms with E-state index in [0.29, 0.717) is 24.3 Å². The van der Waals surface area contributed by atoms with Crippen LogP contribution in [-0.4, -0.2) is 26.5 Å². The number of halogens is 1. The van der Waals surface area contributed by atoms with Crippen molar-refractivity contribution in [2.45, 2.75) is 44.7 Å². The lowest BCUT2D eigenvalue weighted by atomic mass is 9.77. The van der Waals surface area contributed by atoms with E-state index in [-0.39, 0.29) is 17.8 Å². The van der Waals surface area contributed by atoms with Gasteiger partial charge in [-0.05, 0) is 73.4 Å². The highest BCUT2D eigenvalue weighted by atomic mass is 19.1. The van der Waals surface area contributed by atoms with Gasteiger partial charge >= 0.3 is 5.97 Å². The number of amides is 1. The summed E-state index contributed by atoms with van der Waals surface area (Å²) in [5.41, 5.74) is 2.67. The number of aliphatic carboxylic acids is 1. The zero-order chi connectivity index (χ0) is 24.4.